The molecule has 0 aliphatic heterocycles. The van der Waals surface area contributed by atoms with E-state index in [9.17, 15) is 4.79 Å². The largest absolute Gasteiger partial charge is 0.398 e. The van der Waals surface area contributed by atoms with Gasteiger partial charge in [-0.3, -0.25) is 4.79 Å². The fourth-order valence-corrected chi connectivity index (χ4v) is 2.27. The molecular weight excluding hydrogens is 248 g/mol. The molecule has 0 heterocycles. The van der Waals surface area contributed by atoms with Crippen LogP contribution in [0.4, 0.5) is 11.4 Å². The number of ketones is 1. The topological polar surface area (TPSA) is 46.3 Å². The number of benzene rings is 2. The number of Topliss-reactive ketones (excluding diaryl/α,β-unsaturated/α-hetero) is 1. The highest BCUT2D eigenvalue weighted by atomic mass is 16.1. The molecule has 0 aliphatic carbocycles. The van der Waals surface area contributed by atoms with Gasteiger partial charge in [-0.05, 0) is 37.6 Å². The van der Waals surface area contributed by atoms with Crippen molar-refractivity contribution < 1.29 is 4.79 Å². The Balaban J connectivity index is 2.52. The van der Waals surface area contributed by atoms with E-state index in [0.29, 0.717) is 11.3 Å². The number of hydrogen-bond donors (Lipinski definition) is 1. The van der Waals surface area contributed by atoms with E-state index in [1.54, 1.807) is 6.07 Å². The molecule has 0 aliphatic rings. The molecule has 3 heteroatoms. The number of nitrogens with zero attached hydrogens (tertiary/aromatic N) is 1. The fraction of sp³-hybridized carbons (Fsp3) is 0.235. The maximum atomic E-state index is 11.4. The first kappa shape index (κ1) is 14.1. The molecule has 2 N–H and O–H groups in total. The van der Waals surface area contributed by atoms with Crippen LogP contribution in [0.3, 0.4) is 0 Å². The number of carbonyl (C=O) groups is 1. The standard InChI is InChI=1S/C17H20N2O/c1-4-19(3)17-8-6-5-7-15(17)13-9-10-14(12(2)20)16(18)11-13/h5-11H,4,18H2,1-3H3. The van der Waals surface area contributed by atoms with Crippen LogP contribution in [-0.4, -0.2) is 19.4 Å². The Morgan fingerprint density at radius 1 is 1.20 bits per heavy atom. The van der Waals surface area contributed by atoms with Crippen LogP contribution >= 0.6 is 0 Å². The van der Waals surface area contributed by atoms with Gasteiger partial charge in [0.1, 0.15) is 0 Å². The van der Waals surface area contributed by atoms with E-state index in [0.717, 1.165) is 23.4 Å². The third kappa shape index (κ3) is 2.67. The molecule has 0 spiro atoms. The van der Waals surface area contributed by atoms with Crippen molar-refractivity contribution in [2.75, 3.05) is 24.2 Å². The highest BCUT2D eigenvalue weighted by Crippen LogP contribution is 2.32. The van der Waals surface area contributed by atoms with E-state index in [-0.39, 0.29) is 5.78 Å². The second-order valence-corrected chi connectivity index (χ2v) is 4.89. The molecule has 2 rings (SSSR count). The SMILES string of the molecule is CCN(C)c1ccccc1-c1ccc(C(C)=O)c(N)c1. The van der Waals surface area contributed by atoms with E-state index in [4.69, 9.17) is 5.73 Å². The van der Waals surface area contributed by atoms with Crippen molar-refractivity contribution in [2.24, 2.45) is 0 Å². The Bertz CT molecular complexity index is 635. The highest BCUT2D eigenvalue weighted by Gasteiger charge is 2.10. The zero-order valence-corrected chi connectivity index (χ0v) is 12.2. The van der Waals surface area contributed by atoms with E-state index in [1.165, 1.54) is 6.92 Å². The van der Waals surface area contributed by atoms with Crippen molar-refractivity contribution in [3.8, 4) is 11.1 Å². The van der Waals surface area contributed by atoms with Gasteiger partial charge in [-0.1, -0.05) is 24.3 Å². The van der Waals surface area contributed by atoms with Crippen molar-refractivity contribution in [3.05, 3.63) is 48.0 Å². The minimum atomic E-state index is -0.00647. The molecule has 0 radical (unpaired) electrons. The van der Waals surface area contributed by atoms with Crippen LogP contribution in [0.25, 0.3) is 11.1 Å². The van der Waals surface area contributed by atoms with Gasteiger partial charge in [-0.15, -0.1) is 0 Å². The lowest BCUT2D eigenvalue weighted by atomic mass is 9.99. The monoisotopic (exact) mass is 268 g/mol. The summed E-state index contributed by atoms with van der Waals surface area (Å²) >= 11 is 0. The van der Waals surface area contributed by atoms with Crippen molar-refractivity contribution in [1.82, 2.24) is 0 Å². The predicted molar refractivity (Wildman–Crippen MR) is 85.2 cm³/mol. The number of anilines is 2. The fourth-order valence-electron chi connectivity index (χ4n) is 2.27. The number of nitrogen functional groups attached to an aromatic ring is 1. The summed E-state index contributed by atoms with van der Waals surface area (Å²) in [5.74, 6) is -0.00647. The molecule has 0 bridgehead atoms. The summed E-state index contributed by atoms with van der Waals surface area (Å²) in [4.78, 5) is 13.6. The summed E-state index contributed by atoms with van der Waals surface area (Å²) in [6, 6.07) is 13.8. The Kier molecular flexibility index (Phi) is 4.08. The zero-order valence-electron chi connectivity index (χ0n) is 12.2. The van der Waals surface area contributed by atoms with Crippen LogP contribution in [-0.2, 0) is 0 Å². The predicted octanol–water partition coefficient (Wildman–Crippen LogP) is 3.59. The smallest absolute Gasteiger partial charge is 0.161 e. The molecule has 104 valence electrons. The Labute approximate surface area is 120 Å². The quantitative estimate of drug-likeness (QED) is 0.681. The van der Waals surface area contributed by atoms with Crippen molar-refractivity contribution >= 4 is 17.2 Å². The maximum absolute atomic E-state index is 11.4. The van der Waals surface area contributed by atoms with Gasteiger partial charge in [0.15, 0.2) is 5.78 Å². The number of rotatable bonds is 4. The third-order valence-corrected chi connectivity index (χ3v) is 3.53. The molecular formula is C17H20N2O. The zero-order chi connectivity index (χ0) is 14.7. The van der Waals surface area contributed by atoms with Gasteiger partial charge in [0.25, 0.3) is 0 Å². The first-order chi connectivity index (χ1) is 9.54. The summed E-state index contributed by atoms with van der Waals surface area (Å²) in [7, 11) is 2.06. The molecule has 2 aromatic carbocycles. The maximum Gasteiger partial charge on any atom is 0.161 e. The van der Waals surface area contributed by atoms with Crippen LogP contribution in [0, 0.1) is 0 Å². The van der Waals surface area contributed by atoms with E-state index < -0.39 is 0 Å². The molecule has 0 fully saturated rings. The second-order valence-electron chi connectivity index (χ2n) is 4.89. The van der Waals surface area contributed by atoms with Crippen molar-refractivity contribution in [1.29, 1.82) is 0 Å². The average Bonchev–Trinajstić information content (AvgIpc) is 2.46. The normalized spacial score (nSPS) is 10.3. The molecule has 0 unspecified atom stereocenters. The molecule has 0 saturated carbocycles. The summed E-state index contributed by atoms with van der Waals surface area (Å²) in [6.45, 7) is 4.58. The third-order valence-electron chi connectivity index (χ3n) is 3.53. The van der Waals surface area contributed by atoms with Gasteiger partial charge >= 0.3 is 0 Å². The van der Waals surface area contributed by atoms with Crippen LogP contribution in [0.5, 0.6) is 0 Å². The molecule has 2 aromatic rings. The summed E-state index contributed by atoms with van der Waals surface area (Å²) in [6.07, 6.45) is 0. The van der Waals surface area contributed by atoms with Crippen LogP contribution in [0.15, 0.2) is 42.5 Å². The summed E-state index contributed by atoms with van der Waals surface area (Å²) in [5, 5.41) is 0. The second kappa shape index (κ2) is 5.78. The highest BCUT2D eigenvalue weighted by molar-refractivity contribution is 6.00. The summed E-state index contributed by atoms with van der Waals surface area (Å²) < 4.78 is 0. The Hall–Kier alpha value is -2.29. The Morgan fingerprint density at radius 2 is 1.90 bits per heavy atom. The van der Waals surface area contributed by atoms with Crippen LogP contribution < -0.4 is 10.6 Å². The van der Waals surface area contributed by atoms with Gasteiger partial charge in [0, 0.05) is 36.1 Å². The number of para-hydroxylation sites is 1. The summed E-state index contributed by atoms with van der Waals surface area (Å²) in [5.41, 5.74) is 10.4. The van der Waals surface area contributed by atoms with Crippen LogP contribution in [0.2, 0.25) is 0 Å². The molecule has 0 amide bonds. The lowest BCUT2D eigenvalue weighted by molar-refractivity contribution is 0.101. The van der Waals surface area contributed by atoms with E-state index in [2.05, 4.69) is 31.0 Å². The number of nitrogens with two attached hydrogens (primary N) is 1. The number of carbonyl (C=O) groups excluding carboxylic acids is 1. The number of hydrogen-bond acceptors (Lipinski definition) is 3. The van der Waals surface area contributed by atoms with Gasteiger partial charge in [-0.25, -0.2) is 0 Å². The average molecular weight is 268 g/mol. The van der Waals surface area contributed by atoms with Gasteiger partial charge in [-0.2, -0.15) is 0 Å². The lowest BCUT2D eigenvalue weighted by Crippen LogP contribution is -2.16. The van der Waals surface area contributed by atoms with E-state index >= 15 is 0 Å². The van der Waals surface area contributed by atoms with Gasteiger partial charge < -0.3 is 10.6 Å². The van der Waals surface area contributed by atoms with Crippen LogP contribution in [0.1, 0.15) is 24.2 Å². The van der Waals surface area contributed by atoms with E-state index in [1.807, 2.05) is 24.3 Å². The van der Waals surface area contributed by atoms with Crippen molar-refractivity contribution in [3.63, 3.8) is 0 Å². The Morgan fingerprint density at radius 3 is 2.50 bits per heavy atom. The first-order valence-corrected chi connectivity index (χ1v) is 6.75. The van der Waals surface area contributed by atoms with Gasteiger partial charge in [0.2, 0.25) is 0 Å². The van der Waals surface area contributed by atoms with Crippen molar-refractivity contribution in [2.45, 2.75) is 13.8 Å². The minimum Gasteiger partial charge on any atom is -0.398 e. The molecule has 0 saturated heterocycles. The molecule has 0 atom stereocenters. The lowest BCUT2D eigenvalue weighted by Gasteiger charge is -2.21. The van der Waals surface area contributed by atoms with Gasteiger partial charge in [0.05, 0.1) is 0 Å². The molecule has 3 nitrogen and oxygen atoms in total. The molecule has 0 aromatic heterocycles. The first-order valence-electron chi connectivity index (χ1n) is 6.75. The minimum absolute atomic E-state index is 0.00647. The molecule has 20 heavy (non-hydrogen) atoms.